The molecule has 2 atom stereocenters. The zero-order valence-corrected chi connectivity index (χ0v) is 13.5. The third-order valence-electron chi connectivity index (χ3n) is 3.42. The van der Waals surface area contributed by atoms with Gasteiger partial charge in [0.15, 0.2) is 0 Å². The molecular formula is C16H22N2O2S. The number of nitrogens with one attached hydrogen (secondary N) is 2. The molecule has 0 saturated carbocycles. The van der Waals surface area contributed by atoms with Gasteiger partial charge in [-0.2, -0.15) is 0 Å². The van der Waals surface area contributed by atoms with Crippen molar-refractivity contribution in [2.45, 2.75) is 55.8 Å². The standard InChI is InChI=1S/C16H22N2O2S/c1-10(2)21-13-6-4-12(5-7-13)11(3)17-16(20)14-8-9-15(19)18-14/h4-7,10-11,14H,8-9H2,1-3H3,(H,17,20)(H,18,19)/t11-,14+/m1/s1. The van der Waals surface area contributed by atoms with Crippen molar-refractivity contribution >= 4 is 23.6 Å². The Hall–Kier alpha value is -1.49. The van der Waals surface area contributed by atoms with Crippen molar-refractivity contribution < 1.29 is 9.59 Å². The second-order valence-corrected chi connectivity index (χ2v) is 7.27. The summed E-state index contributed by atoms with van der Waals surface area (Å²) in [7, 11) is 0. The Morgan fingerprint density at radius 1 is 1.29 bits per heavy atom. The molecule has 2 N–H and O–H groups in total. The Labute approximate surface area is 130 Å². The van der Waals surface area contributed by atoms with Gasteiger partial charge in [-0.3, -0.25) is 9.59 Å². The normalized spacial score (nSPS) is 19.4. The summed E-state index contributed by atoms with van der Waals surface area (Å²) in [5, 5.41) is 6.20. The van der Waals surface area contributed by atoms with Crippen LogP contribution in [-0.2, 0) is 9.59 Å². The van der Waals surface area contributed by atoms with Gasteiger partial charge in [0.05, 0.1) is 6.04 Å². The highest BCUT2D eigenvalue weighted by molar-refractivity contribution is 7.99. The lowest BCUT2D eigenvalue weighted by Crippen LogP contribution is -2.42. The van der Waals surface area contributed by atoms with Gasteiger partial charge in [-0.05, 0) is 31.0 Å². The number of thioether (sulfide) groups is 1. The first-order valence-electron chi connectivity index (χ1n) is 7.32. The summed E-state index contributed by atoms with van der Waals surface area (Å²) in [4.78, 5) is 24.4. The molecule has 0 aliphatic carbocycles. The predicted molar refractivity (Wildman–Crippen MR) is 85.2 cm³/mol. The van der Waals surface area contributed by atoms with Crippen molar-refractivity contribution in [3.8, 4) is 0 Å². The molecule has 2 amide bonds. The first kappa shape index (κ1) is 15.9. The first-order chi connectivity index (χ1) is 9.95. The molecule has 21 heavy (non-hydrogen) atoms. The SMILES string of the molecule is CC(C)Sc1ccc([C@@H](C)NC(=O)[C@@H]2CCC(=O)N2)cc1. The van der Waals surface area contributed by atoms with Crippen LogP contribution in [-0.4, -0.2) is 23.1 Å². The third-order valence-corrected chi connectivity index (χ3v) is 4.44. The van der Waals surface area contributed by atoms with E-state index in [0.717, 1.165) is 5.56 Å². The molecule has 0 spiro atoms. The largest absolute Gasteiger partial charge is 0.348 e. The lowest BCUT2D eigenvalue weighted by molar-refractivity contribution is -0.126. The smallest absolute Gasteiger partial charge is 0.243 e. The number of carbonyl (C=O) groups excluding carboxylic acids is 2. The van der Waals surface area contributed by atoms with Crippen LogP contribution >= 0.6 is 11.8 Å². The highest BCUT2D eigenvalue weighted by atomic mass is 32.2. The Morgan fingerprint density at radius 2 is 1.95 bits per heavy atom. The molecule has 1 saturated heterocycles. The topological polar surface area (TPSA) is 58.2 Å². The minimum Gasteiger partial charge on any atom is -0.348 e. The summed E-state index contributed by atoms with van der Waals surface area (Å²) in [6.45, 7) is 6.29. The summed E-state index contributed by atoms with van der Waals surface area (Å²) in [5.74, 6) is -0.146. The summed E-state index contributed by atoms with van der Waals surface area (Å²) in [5.41, 5.74) is 1.07. The van der Waals surface area contributed by atoms with Crippen LogP contribution in [0.1, 0.15) is 45.2 Å². The van der Waals surface area contributed by atoms with Gasteiger partial charge in [0.25, 0.3) is 0 Å². The summed E-state index contributed by atoms with van der Waals surface area (Å²) in [6.07, 6.45) is 1.02. The fraction of sp³-hybridized carbons (Fsp3) is 0.500. The van der Waals surface area contributed by atoms with Gasteiger partial charge in [0.2, 0.25) is 11.8 Å². The number of benzene rings is 1. The quantitative estimate of drug-likeness (QED) is 0.822. The lowest BCUT2D eigenvalue weighted by Gasteiger charge is -2.18. The van der Waals surface area contributed by atoms with E-state index < -0.39 is 0 Å². The van der Waals surface area contributed by atoms with Crippen LogP contribution in [0.4, 0.5) is 0 Å². The van der Waals surface area contributed by atoms with E-state index in [1.165, 1.54) is 4.90 Å². The van der Waals surface area contributed by atoms with E-state index in [9.17, 15) is 9.59 Å². The fourth-order valence-electron chi connectivity index (χ4n) is 2.32. The molecule has 114 valence electrons. The zero-order chi connectivity index (χ0) is 15.4. The summed E-state index contributed by atoms with van der Waals surface area (Å²) < 4.78 is 0. The van der Waals surface area contributed by atoms with Gasteiger partial charge in [0.1, 0.15) is 6.04 Å². The Bertz CT molecular complexity index is 514. The van der Waals surface area contributed by atoms with E-state index in [-0.39, 0.29) is 23.9 Å². The molecule has 1 heterocycles. The molecule has 0 radical (unpaired) electrons. The van der Waals surface area contributed by atoms with Crippen molar-refractivity contribution in [2.75, 3.05) is 0 Å². The molecule has 5 heteroatoms. The second-order valence-electron chi connectivity index (χ2n) is 5.62. The maximum Gasteiger partial charge on any atom is 0.243 e. The van der Waals surface area contributed by atoms with E-state index >= 15 is 0 Å². The van der Waals surface area contributed by atoms with Crippen LogP contribution in [0.5, 0.6) is 0 Å². The molecule has 1 fully saturated rings. The van der Waals surface area contributed by atoms with E-state index in [1.54, 1.807) is 0 Å². The van der Waals surface area contributed by atoms with Gasteiger partial charge in [0, 0.05) is 16.6 Å². The second kappa shape index (κ2) is 6.98. The molecule has 0 unspecified atom stereocenters. The minimum absolute atomic E-state index is 0.0436. The predicted octanol–water partition coefficient (Wildman–Crippen LogP) is 2.64. The highest BCUT2D eigenvalue weighted by Gasteiger charge is 2.27. The minimum atomic E-state index is -0.379. The van der Waals surface area contributed by atoms with Gasteiger partial charge in [-0.15, -0.1) is 11.8 Å². The average Bonchev–Trinajstić information content (AvgIpc) is 2.85. The van der Waals surface area contributed by atoms with Gasteiger partial charge in [-0.25, -0.2) is 0 Å². The maximum atomic E-state index is 12.1. The van der Waals surface area contributed by atoms with Gasteiger partial charge < -0.3 is 10.6 Å². The van der Waals surface area contributed by atoms with Crippen molar-refractivity contribution in [2.24, 2.45) is 0 Å². The molecule has 0 bridgehead atoms. The third kappa shape index (κ3) is 4.49. The number of amides is 2. The number of hydrogen-bond donors (Lipinski definition) is 2. The first-order valence-corrected chi connectivity index (χ1v) is 8.20. The average molecular weight is 306 g/mol. The van der Waals surface area contributed by atoms with Crippen LogP contribution in [0.2, 0.25) is 0 Å². The van der Waals surface area contributed by atoms with Gasteiger partial charge in [-0.1, -0.05) is 26.0 Å². The molecule has 1 aromatic rings. The number of rotatable bonds is 5. The number of carbonyl (C=O) groups is 2. The van der Waals surface area contributed by atoms with Crippen LogP contribution < -0.4 is 10.6 Å². The molecule has 1 aliphatic heterocycles. The van der Waals surface area contributed by atoms with Crippen LogP contribution in [0, 0.1) is 0 Å². The van der Waals surface area contributed by atoms with E-state index in [4.69, 9.17) is 0 Å². The van der Waals surface area contributed by atoms with Crippen LogP contribution in [0.3, 0.4) is 0 Å². The molecule has 4 nitrogen and oxygen atoms in total. The van der Waals surface area contributed by atoms with E-state index in [1.807, 2.05) is 30.8 Å². The lowest BCUT2D eigenvalue weighted by atomic mass is 10.1. The van der Waals surface area contributed by atoms with E-state index in [0.29, 0.717) is 18.1 Å². The molecule has 2 rings (SSSR count). The Morgan fingerprint density at radius 3 is 2.48 bits per heavy atom. The maximum absolute atomic E-state index is 12.1. The summed E-state index contributed by atoms with van der Waals surface area (Å²) in [6, 6.07) is 7.81. The van der Waals surface area contributed by atoms with Crippen LogP contribution in [0.25, 0.3) is 0 Å². The molecule has 1 aromatic carbocycles. The highest BCUT2D eigenvalue weighted by Crippen LogP contribution is 2.24. The Balaban J connectivity index is 1.92. The Kier molecular flexibility index (Phi) is 5.28. The zero-order valence-electron chi connectivity index (χ0n) is 12.7. The van der Waals surface area contributed by atoms with Crippen molar-refractivity contribution in [3.05, 3.63) is 29.8 Å². The fourth-order valence-corrected chi connectivity index (χ4v) is 3.15. The van der Waals surface area contributed by atoms with E-state index in [2.05, 4.69) is 36.6 Å². The molecule has 0 aromatic heterocycles. The van der Waals surface area contributed by atoms with Crippen LogP contribution in [0.15, 0.2) is 29.2 Å². The summed E-state index contributed by atoms with van der Waals surface area (Å²) >= 11 is 1.82. The molecular weight excluding hydrogens is 284 g/mol. The number of hydrogen-bond acceptors (Lipinski definition) is 3. The van der Waals surface area contributed by atoms with Gasteiger partial charge >= 0.3 is 0 Å². The van der Waals surface area contributed by atoms with Crippen molar-refractivity contribution in [1.82, 2.24) is 10.6 Å². The molecule has 1 aliphatic rings. The van der Waals surface area contributed by atoms with Crippen molar-refractivity contribution in [3.63, 3.8) is 0 Å². The monoisotopic (exact) mass is 306 g/mol. The van der Waals surface area contributed by atoms with Crippen molar-refractivity contribution in [1.29, 1.82) is 0 Å².